The monoisotopic (exact) mass is 263 g/mol. The zero-order valence-electron chi connectivity index (χ0n) is 10.4. The van der Waals surface area contributed by atoms with E-state index >= 15 is 0 Å². The van der Waals surface area contributed by atoms with Crippen molar-refractivity contribution >= 4 is 11.3 Å². The van der Waals surface area contributed by atoms with Crippen LogP contribution in [-0.2, 0) is 13.0 Å². The highest BCUT2D eigenvalue weighted by molar-refractivity contribution is 7.11. The first-order chi connectivity index (χ1) is 8.78. The van der Waals surface area contributed by atoms with Crippen molar-refractivity contribution in [1.29, 1.82) is 0 Å². The van der Waals surface area contributed by atoms with E-state index in [0.29, 0.717) is 5.75 Å². The lowest BCUT2D eigenvalue weighted by Crippen LogP contribution is -2.13. The fourth-order valence-corrected chi connectivity index (χ4v) is 2.49. The third-order valence-electron chi connectivity index (χ3n) is 2.48. The molecule has 0 saturated heterocycles. The Hall–Kier alpha value is -1.46. The minimum absolute atomic E-state index is 0.293. The van der Waals surface area contributed by atoms with E-state index in [4.69, 9.17) is 0 Å². The van der Waals surface area contributed by atoms with Crippen molar-refractivity contribution in [3.8, 4) is 5.75 Å². The summed E-state index contributed by atoms with van der Waals surface area (Å²) < 4.78 is 0. The Morgan fingerprint density at radius 3 is 2.89 bits per heavy atom. The van der Waals surface area contributed by atoms with Crippen LogP contribution in [0.1, 0.15) is 28.9 Å². The van der Waals surface area contributed by atoms with Crippen molar-refractivity contribution in [2.75, 3.05) is 6.54 Å². The van der Waals surface area contributed by atoms with Crippen LogP contribution in [0.15, 0.2) is 24.3 Å². The highest BCUT2D eigenvalue weighted by Gasteiger charge is 2.05. The first-order valence-electron chi connectivity index (χ1n) is 6.08. The number of aromatic nitrogens is 2. The number of rotatable bonds is 6. The molecule has 5 heteroatoms. The van der Waals surface area contributed by atoms with E-state index in [1.807, 2.05) is 12.1 Å². The molecule has 0 aliphatic carbocycles. The number of aromatic hydroxyl groups is 1. The molecule has 0 fully saturated rings. The first-order valence-corrected chi connectivity index (χ1v) is 6.89. The molecule has 0 bridgehead atoms. The molecule has 2 N–H and O–H groups in total. The zero-order valence-corrected chi connectivity index (χ0v) is 11.2. The molecule has 96 valence electrons. The molecule has 0 aliphatic heterocycles. The Morgan fingerprint density at radius 2 is 2.11 bits per heavy atom. The van der Waals surface area contributed by atoms with Crippen molar-refractivity contribution < 1.29 is 5.11 Å². The highest BCUT2D eigenvalue weighted by Crippen LogP contribution is 2.17. The molecule has 1 aromatic heterocycles. The topological polar surface area (TPSA) is 58.0 Å². The number of hydrogen-bond donors (Lipinski definition) is 2. The number of phenols is 1. The Bertz CT molecular complexity index is 498. The second kappa shape index (κ2) is 6.47. The van der Waals surface area contributed by atoms with E-state index in [1.54, 1.807) is 23.5 Å². The lowest BCUT2D eigenvalue weighted by Gasteiger charge is -1.98. The van der Waals surface area contributed by atoms with Gasteiger partial charge in [-0.2, -0.15) is 0 Å². The molecule has 0 radical (unpaired) electrons. The molecular weight excluding hydrogens is 246 g/mol. The standard InChI is InChI=1S/C13H17N3OS/c1-2-6-14-9-13-16-15-12(18-13)8-10-4-3-5-11(17)7-10/h3-5,7,14,17H,2,6,8-9H2,1H3. The molecular formula is C13H17N3OS. The summed E-state index contributed by atoms with van der Waals surface area (Å²) in [5.41, 5.74) is 1.05. The summed E-state index contributed by atoms with van der Waals surface area (Å²) in [5, 5.41) is 23.0. The third-order valence-corrected chi connectivity index (χ3v) is 3.40. The van der Waals surface area contributed by atoms with Gasteiger partial charge in [-0.25, -0.2) is 0 Å². The smallest absolute Gasteiger partial charge is 0.131 e. The molecule has 18 heavy (non-hydrogen) atoms. The van der Waals surface area contributed by atoms with E-state index in [-0.39, 0.29) is 0 Å². The number of nitrogens with one attached hydrogen (secondary N) is 1. The van der Waals surface area contributed by atoms with Gasteiger partial charge >= 0.3 is 0 Å². The molecule has 0 saturated carbocycles. The predicted octanol–water partition coefficient (Wildman–Crippen LogP) is 2.33. The number of nitrogens with zero attached hydrogens (tertiary/aromatic N) is 2. The van der Waals surface area contributed by atoms with E-state index in [9.17, 15) is 5.11 Å². The number of hydrogen-bond acceptors (Lipinski definition) is 5. The van der Waals surface area contributed by atoms with E-state index < -0.39 is 0 Å². The SMILES string of the molecule is CCCNCc1nnc(Cc2cccc(O)c2)s1. The van der Waals surface area contributed by atoms with Crippen molar-refractivity contribution in [3.05, 3.63) is 39.8 Å². The van der Waals surface area contributed by atoms with E-state index in [1.165, 1.54) is 0 Å². The molecule has 0 unspecified atom stereocenters. The average molecular weight is 263 g/mol. The minimum Gasteiger partial charge on any atom is -0.508 e. The van der Waals surface area contributed by atoms with Crippen LogP contribution in [0.3, 0.4) is 0 Å². The normalized spacial score (nSPS) is 10.7. The summed E-state index contributed by atoms with van der Waals surface area (Å²) in [6.45, 7) is 3.92. The van der Waals surface area contributed by atoms with E-state index in [0.717, 1.165) is 41.5 Å². The largest absolute Gasteiger partial charge is 0.508 e. The van der Waals surface area contributed by atoms with Crippen LogP contribution in [-0.4, -0.2) is 21.8 Å². The fraction of sp³-hybridized carbons (Fsp3) is 0.385. The average Bonchev–Trinajstić information content (AvgIpc) is 2.77. The summed E-state index contributed by atoms with van der Waals surface area (Å²) >= 11 is 1.62. The van der Waals surface area contributed by atoms with Gasteiger partial charge in [-0.15, -0.1) is 10.2 Å². The van der Waals surface area contributed by atoms with Crippen LogP contribution < -0.4 is 5.32 Å². The fourth-order valence-electron chi connectivity index (χ4n) is 1.64. The van der Waals surface area contributed by atoms with E-state index in [2.05, 4.69) is 22.4 Å². The first kappa shape index (κ1) is 13.0. The number of phenolic OH excluding ortho intramolecular Hbond substituents is 1. The van der Waals surface area contributed by atoms with Crippen molar-refractivity contribution in [2.24, 2.45) is 0 Å². The maximum absolute atomic E-state index is 9.40. The van der Waals surface area contributed by atoms with Gasteiger partial charge in [0.05, 0.1) is 0 Å². The van der Waals surface area contributed by atoms with Crippen molar-refractivity contribution in [3.63, 3.8) is 0 Å². The quantitative estimate of drug-likeness (QED) is 0.785. The summed E-state index contributed by atoms with van der Waals surface area (Å²) in [7, 11) is 0. The zero-order chi connectivity index (χ0) is 12.8. The lowest BCUT2D eigenvalue weighted by atomic mass is 10.1. The molecule has 2 aromatic rings. The molecule has 4 nitrogen and oxygen atoms in total. The molecule has 0 atom stereocenters. The molecule has 2 rings (SSSR count). The van der Waals surface area contributed by atoms with Gasteiger partial charge in [-0.1, -0.05) is 30.4 Å². The highest BCUT2D eigenvalue weighted by atomic mass is 32.1. The van der Waals surface area contributed by atoms with Gasteiger partial charge in [0.15, 0.2) is 0 Å². The summed E-state index contributed by atoms with van der Waals surface area (Å²) in [6, 6.07) is 7.26. The van der Waals surface area contributed by atoms with Gasteiger partial charge in [0.1, 0.15) is 15.8 Å². The van der Waals surface area contributed by atoms with Crippen LogP contribution in [0.25, 0.3) is 0 Å². The van der Waals surface area contributed by atoms with Gasteiger partial charge in [0.2, 0.25) is 0 Å². The molecule has 1 aromatic carbocycles. The van der Waals surface area contributed by atoms with Crippen LogP contribution in [0.5, 0.6) is 5.75 Å². The maximum atomic E-state index is 9.40. The Morgan fingerprint density at radius 1 is 1.28 bits per heavy atom. The molecule has 0 aliphatic rings. The summed E-state index contributed by atoms with van der Waals surface area (Å²) in [4.78, 5) is 0. The second-order valence-corrected chi connectivity index (χ2v) is 5.26. The van der Waals surface area contributed by atoms with Crippen LogP contribution in [0.4, 0.5) is 0 Å². The van der Waals surface area contributed by atoms with Gasteiger partial charge in [0.25, 0.3) is 0 Å². The molecule has 1 heterocycles. The van der Waals surface area contributed by atoms with Crippen LogP contribution >= 0.6 is 11.3 Å². The van der Waals surface area contributed by atoms with Gasteiger partial charge in [-0.05, 0) is 30.7 Å². The Balaban J connectivity index is 1.94. The molecule has 0 spiro atoms. The van der Waals surface area contributed by atoms with Gasteiger partial charge < -0.3 is 10.4 Å². The van der Waals surface area contributed by atoms with Gasteiger partial charge in [-0.3, -0.25) is 0 Å². The third kappa shape index (κ3) is 3.78. The van der Waals surface area contributed by atoms with Crippen LogP contribution in [0.2, 0.25) is 0 Å². The lowest BCUT2D eigenvalue weighted by molar-refractivity contribution is 0.474. The summed E-state index contributed by atoms with van der Waals surface area (Å²) in [5.74, 6) is 0.293. The van der Waals surface area contributed by atoms with Crippen molar-refractivity contribution in [2.45, 2.75) is 26.3 Å². The summed E-state index contributed by atoms with van der Waals surface area (Å²) in [6.07, 6.45) is 1.84. The maximum Gasteiger partial charge on any atom is 0.131 e. The Kier molecular flexibility index (Phi) is 4.66. The Labute approximate surface area is 111 Å². The van der Waals surface area contributed by atoms with Crippen molar-refractivity contribution in [1.82, 2.24) is 15.5 Å². The minimum atomic E-state index is 0.293. The number of benzene rings is 1. The second-order valence-electron chi connectivity index (χ2n) is 4.11. The van der Waals surface area contributed by atoms with Crippen LogP contribution in [0, 0.1) is 0 Å². The van der Waals surface area contributed by atoms with Gasteiger partial charge in [0, 0.05) is 13.0 Å². The predicted molar refractivity (Wildman–Crippen MR) is 72.8 cm³/mol. The molecule has 0 amide bonds.